The van der Waals surface area contributed by atoms with Crippen molar-refractivity contribution >= 4 is 11.9 Å². The molecule has 0 aromatic heterocycles. The maximum absolute atomic E-state index is 12.0. The summed E-state index contributed by atoms with van der Waals surface area (Å²) < 4.78 is 10.4. The highest BCUT2D eigenvalue weighted by Crippen LogP contribution is 2.18. The van der Waals surface area contributed by atoms with Gasteiger partial charge >= 0.3 is 5.97 Å². The summed E-state index contributed by atoms with van der Waals surface area (Å²) >= 11 is 0. The molecule has 0 saturated carbocycles. The number of amides is 1. The molecule has 0 atom stereocenters. The number of carboxylic acids is 1. The third-order valence-corrected chi connectivity index (χ3v) is 3.84. The lowest BCUT2D eigenvalue weighted by atomic mass is 10.1. The molecule has 0 spiro atoms. The number of rotatable bonds is 10. The second kappa shape index (κ2) is 10.1. The van der Waals surface area contributed by atoms with Crippen molar-refractivity contribution in [3.05, 3.63) is 59.7 Å². The van der Waals surface area contributed by atoms with Crippen molar-refractivity contribution in [2.45, 2.75) is 19.3 Å². The van der Waals surface area contributed by atoms with Crippen LogP contribution in [0.25, 0.3) is 0 Å². The lowest BCUT2D eigenvalue weighted by Crippen LogP contribution is -2.25. The predicted molar refractivity (Wildman–Crippen MR) is 97.6 cm³/mol. The van der Waals surface area contributed by atoms with Gasteiger partial charge in [0.15, 0.2) is 6.61 Å². The fraction of sp³-hybridized carbons (Fsp3) is 0.300. The van der Waals surface area contributed by atoms with Crippen molar-refractivity contribution in [3.63, 3.8) is 0 Å². The first-order valence-electron chi connectivity index (χ1n) is 8.40. The van der Waals surface area contributed by atoms with E-state index < -0.39 is 5.97 Å². The standard InChI is InChI=1S/C20H23NO5/c1-25-18-5-3-2-4-16(18)8-11-19(22)21-13-12-15-6-9-17(10-7-15)26-14-20(23)24/h2-7,9-10H,8,11-14H2,1H3,(H,21,22)(H,23,24). The smallest absolute Gasteiger partial charge is 0.341 e. The van der Waals surface area contributed by atoms with Crippen molar-refractivity contribution in [3.8, 4) is 11.5 Å². The van der Waals surface area contributed by atoms with E-state index in [-0.39, 0.29) is 12.5 Å². The Kier molecular flexibility index (Phi) is 7.49. The fourth-order valence-corrected chi connectivity index (χ4v) is 2.49. The molecule has 0 aliphatic rings. The van der Waals surface area contributed by atoms with Crippen LogP contribution in [0.4, 0.5) is 0 Å². The van der Waals surface area contributed by atoms with E-state index in [0.29, 0.717) is 31.6 Å². The van der Waals surface area contributed by atoms with Crippen LogP contribution < -0.4 is 14.8 Å². The van der Waals surface area contributed by atoms with Crippen LogP contribution in [0.1, 0.15) is 17.5 Å². The Morgan fingerprint density at radius 2 is 1.77 bits per heavy atom. The van der Waals surface area contributed by atoms with Gasteiger partial charge in [-0.3, -0.25) is 4.79 Å². The van der Waals surface area contributed by atoms with Crippen molar-refractivity contribution < 1.29 is 24.2 Å². The second-order valence-corrected chi connectivity index (χ2v) is 5.74. The maximum atomic E-state index is 12.0. The molecule has 6 nitrogen and oxygen atoms in total. The number of benzene rings is 2. The lowest BCUT2D eigenvalue weighted by Gasteiger charge is -2.09. The van der Waals surface area contributed by atoms with E-state index in [1.54, 1.807) is 19.2 Å². The van der Waals surface area contributed by atoms with Gasteiger partial charge in [-0.05, 0) is 42.2 Å². The average molecular weight is 357 g/mol. The van der Waals surface area contributed by atoms with E-state index in [4.69, 9.17) is 14.6 Å². The molecule has 0 bridgehead atoms. The molecule has 0 unspecified atom stereocenters. The molecule has 0 heterocycles. The summed E-state index contributed by atoms with van der Waals surface area (Å²) in [6.07, 6.45) is 1.73. The van der Waals surface area contributed by atoms with Gasteiger partial charge < -0.3 is 19.9 Å². The second-order valence-electron chi connectivity index (χ2n) is 5.74. The molecule has 26 heavy (non-hydrogen) atoms. The summed E-state index contributed by atoms with van der Waals surface area (Å²) in [5, 5.41) is 11.5. The zero-order chi connectivity index (χ0) is 18.8. The Labute approximate surface area is 152 Å². The molecule has 1 amide bonds. The van der Waals surface area contributed by atoms with Crippen LogP contribution in [0.15, 0.2) is 48.5 Å². The van der Waals surface area contributed by atoms with E-state index >= 15 is 0 Å². The van der Waals surface area contributed by atoms with Crippen LogP contribution in [0.3, 0.4) is 0 Å². The Hall–Kier alpha value is -3.02. The van der Waals surface area contributed by atoms with Gasteiger partial charge in [-0.1, -0.05) is 30.3 Å². The SMILES string of the molecule is COc1ccccc1CCC(=O)NCCc1ccc(OCC(=O)O)cc1. The molecular formula is C20H23NO5. The quantitative estimate of drug-likeness (QED) is 0.682. The normalized spacial score (nSPS) is 10.2. The van der Waals surface area contributed by atoms with E-state index in [2.05, 4.69) is 5.32 Å². The zero-order valence-corrected chi connectivity index (χ0v) is 14.7. The van der Waals surface area contributed by atoms with Crippen LogP contribution in [0.2, 0.25) is 0 Å². The number of nitrogens with one attached hydrogen (secondary N) is 1. The van der Waals surface area contributed by atoms with Crippen LogP contribution in [-0.2, 0) is 22.4 Å². The monoisotopic (exact) mass is 357 g/mol. The van der Waals surface area contributed by atoms with Gasteiger partial charge in [0.2, 0.25) is 5.91 Å². The van der Waals surface area contributed by atoms with E-state index in [1.807, 2.05) is 36.4 Å². The number of aliphatic carboxylic acids is 1. The van der Waals surface area contributed by atoms with Crippen molar-refractivity contribution in [1.29, 1.82) is 0 Å². The number of hydrogen-bond acceptors (Lipinski definition) is 4. The van der Waals surface area contributed by atoms with Gasteiger partial charge in [-0.2, -0.15) is 0 Å². The number of carboxylic acid groups (broad SMARTS) is 1. The lowest BCUT2D eigenvalue weighted by molar-refractivity contribution is -0.139. The summed E-state index contributed by atoms with van der Waals surface area (Å²) in [4.78, 5) is 22.4. The van der Waals surface area contributed by atoms with Gasteiger partial charge in [0.1, 0.15) is 11.5 Å². The summed E-state index contributed by atoms with van der Waals surface area (Å²) in [6.45, 7) is 0.182. The molecular weight excluding hydrogens is 334 g/mol. The third kappa shape index (κ3) is 6.47. The largest absolute Gasteiger partial charge is 0.496 e. The van der Waals surface area contributed by atoms with Gasteiger partial charge in [-0.25, -0.2) is 4.79 Å². The highest BCUT2D eigenvalue weighted by Gasteiger charge is 2.06. The number of hydrogen-bond donors (Lipinski definition) is 2. The number of carbonyl (C=O) groups is 2. The van der Waals surface area contributed by atoms with E-state index in [1.165, 1.54) is 0 Å². The molecule has 2 rings (SSSR count). The Morgan fingerprint density at radius 1 is 1.04 bits per heavy atom. The van der Waals surface area contributed by atoms with Crippen molar-refractivity contribution in [2.75, 3.05) is 20.3 Å². The molecule has 0 radical (unpaired) electrons. The molecule has 2 aromatic rings. The molecule has 0 aliphatic carbocycles. The fourth-order valence-electron chi connectivity index (χ4n) is 2.49. The van der Waals surface area contributed by atoms with Crippen LogP contribution in [-0.4, -0.2) is 37.2 Å². The summed E-state index contributed by atoms with van der Waals surface area (Å²) in [5.74, 6) is 0.296. The minimum absolute atomic E-state index is 0.00248. The summed E-state index contributed by atoms with van der Waals surface area (Å²) in [7, 11) is 1.62. The first-order chi connectivity index (χ1) is 12.6. The van der Waals surface area contributed by atoms with Gasteiger partial charge in [0.05, 0.1) is 7.11 Å². The van der Waals surface area contributed by atoms with Gasteiger partial charge in [0, 0.05) is 13.0 Å². The highest BCUT2D eigenvalue weighted by atomic mass is 16.5. The zero-order valence-electron chi connectivity index (χ0n) is 14.7. The molecule has 138 valence electrons. The number of ether oxygens (including phenoxy) is 2. The first-order valence-corrected chi connectivity index (χ1v) is 8.40. The number of methoxy groups -OCH3 is 1. The first kappa shape index (κ1) is 19.3. The highest BCUT2D eigenvalue weighted by molar-refractivity contribution is 5.76. The molecule has 0 fully saturated rings. The molecule has 2 N–H and O–H groups in total. The third-order valence-electron chi connectivity index (χ3n) is 3.84. The molecule has 6 heteroatoms. The van der Waals surface area contributed by atoms with Crippen LogP contribution in [0.5, 0.6) is 11.5 Å². The summed E-state index contributed by atoms with van der Waals surface area (Å²) in [5.41, 5.74) is 2.06. The topological polar surface area (TPSA) is 84.9 Å². The maximum Gasteiger partial charge on any atom is 0.341 e. The minimum atomic E-state index is -1.01. The van der Waals surface area contributed by atoms with E-state index in [9.17, 15) is 9.59 Å². The van der Waals surface area contributed by atoms with Gasteiger partial charge in [-0.15, -0.1) is 0 Å². The molecule has 2 aromatic carbocycles. The number of para-hydroxylation sites is 1. The number of carbonyl (C=O) groups excluding carboxylic acids is 1. The molecule has 0 aliphatic heterocycles. The van der Waals surface area contributed by atoms with Crippen molar-refractivity contribution in [2.24, 2.45) is 0 Å². The average Bonchev–Trinajstić information content (AvgIpc) is 2.66. The Bertz CT molecular complexity index is 727. The van der Waals surface area contributed by atoms with Crippen LogP contribution >= 0.6 is 0 Å². The Balaban J connectivity index is 1.70. The Morgan fingerprint density at radius 3 is 2.46 bits per heavy atom. The summed E-state index contributed by atoms with van der Waals surface area (Å²) in [6, 6.07) is 14.8. The van der Waals surface area contributed by atoms with Crippen LogP contribution in [0, 0.1) is 0 Å². The van der Waals surface area contributed by atoms with Crippen molar-refractivity contribution in [1.82, 2.24) is 5.32 Å². The number of aryl methyl sites for hydroxylation is 1. The molecule has 0 saturated heterocycles. The van der Waals surface area contributed by atoms with E-state index in [0.717, 1.165) is 16.9 Å². The van der Waals surface area contributed by atoms with Gasteiger partial charge in [0.25, 0.3) is 0 Å². The minimum Gasteiger partial charge on any atom is -0.496 e. The predicted octanol–water partition coefficient (Wildman–Crippen LogP) is 2.45.